The Kier molecular flexibility index (Phi) is 9.92. The van der Waals surface area contributed by atoms with E-state index in [2.05, 4.69) is 24.5 Å². The van der Waals surface area contributed by atoms with E-state index < -0.39 is 11.8 Å². The van der Waals surface area contributed by atoms with E-state index in [1.165, 1.54) is 0 Å². The highest BCUT2D eigenvalue weighted by Gasteiger charge is 2.14. The maximum absolute atomic E-state index is 12.8. The number of carbonyl (C=O) groups is 2. The van der Waals surface area contributed by atoms with Crippen LogP contribution in [0.25, 0.3) is 0 Å². The molecule has 6 nitrogen and oxygen atoms in total. The fourth-order valence-corrected chi connectivity index (χ4v) is 4.03. The summed E-state index contributed by atoms with van der Waals surface area (Å²) in [6.07, 6.45) is 8.28. The summed E-state index contributed by atoms with van der Waals surface area (Å²) in [5, 5.41) is 25.9. The molecule has 0 aliphatic carbocycles. The summed E-state index contributed by atoms with van der Waals surface area (Å²) >= 11 is 0. The number of nitrogens with one attached hydrogen (secondary N) is 2. The molecule has 0 aliphatic rings. The van der Waals surface area contributed by atoms with Crippen LogP contribution in [0, 0.1) is 0 Å². The standard InChI is InChI=1S/C30H36N2O4/c1-3-5-7-9-21-11-17-27(33)25(19-21)29(35)31-23-13-15-24(16-14-23)32-30(36)26-20-22(10-8-6-4-2)12-18-28(26)34/h11-20,33-34H,3-10H2,1-2H3,(H,31,35)(H,32,36). The first kappa shape index (κ1) is 26.8. The molecule has 4 N–H and O–H groups in total. The van der Waals surface area contributed by atoms with Crippen LogP contribution >= 0.6 is 0 Å². The molecule has 0 unspecified atom stereocenters. The number of unbranched alkanes of at least 4 members (excludes halogenated alkanes) is 4. The van der Waals surface area contributed by atoms with Crippen molar-refractivity contribution in [1.82, 2.24) is 0 Å². The van der Waals surface area contributed by atoms with Gasteiger partial charge in [0.2, 0.25) is 0 Å². The summed E-state index contributed by atoms with van der Waals surface area (Å²) in [4.78, 5) is 25.5. The number of aromatic hydroxyl groups is 2. The van der Waals surface area contributed by atoms with E-state index in [1.54, 1.807) is 48.5 Å². The van der Waals surface area contributed by atoms with Crippen LogP contribution < -0.4 is 10.6 Å². The van der Waals surface area contributed by atoms with Crippen molar-refractivity contribution < 1.29 is 19.8 Å². The van der Waals surface area contributed by atoms with E-state index in [0.717, 1.165) is 62.5 Å². The Bertz CT molecular complexity index is 1080. The average Bonchev–Trinajstić information content (AvgIpc) is 2.87. The Labute approximate surface area is 213 Å². The maximum atomic E-state index is 12.8. The van der Waals surface area contributed by atoms with Crippen LogP contribution in [0.5, 0.6) is 11.5 Å². The van der Waals surface area contributed by atoms with Gasteiger partial charge in [-0.15, -0.1) is 0 Å². The van der Waals surface area contributed by atoms with E-state index in [9.17, 15) is 19.8 Å². The number of hydrogen-bond donors (Lipinski definition) is 4. The van der Waals surface area contributed by atoms with Gasteiger partial charge in [0.15, 0.2) is 0 Å². The molecule has 3 aromatic carbocycles. The molecule has 0 radical (unpaired) electrons. The lowest BCUT2D eigenvalue weighted by Crippen LogP contribution is -2.14. The number of phenols is 2. The van der Waals surface area contributed by atoms with Crippen molar-refractivity contribution >= 4 is 23.2 Å². The number of anilines is 2. The van der Waals surface area contributed by atoms with Gasteiger partial charge >= 0.3 is 0 Å². The largest absolute Gasteiger partial charge is 0.507 e. The summed E-state index contributed by atoms with van der Waals surface area (Å²) in [7, 11) is 0. The third-order valence-electron chi connectivity index (χ3n) is 6.15. The molecule has 0 bridgehead atoms. The molecular weight excluding hydrogens is 452 g/mol. The first-order chi connectivity index (χ1) is 17.4. The third-order valence-corrected chi connectivity index (χ3v) is 6.15. The lowest BCUT2D eigenvalue weighted by molar-refractivity contribution is 0.101. The minimum absolute atomic E-state index is 0.0626. The van der Waals surface area contributed by atoms with Crippen molar-refractivity contribution in [3.8, 4) is 11.5 Å². The second-order valence-corrected chi connectivity index (χ2v) is 9.10. The minimum atomic E-state index is -0.397. The third kappa shape index (κ3) is 7.60. The van der Waals surface area contributed by atoms with Gasteiger partial charge < -0.3 is 20.8 Å². The molecule has 0 saturated carbocycles. The average molecular weight is 489 g/mol. The van der Waals surface area contributed by atoms with Gasteiger partial charge in [-0.25, -0.2) is 0 Å². The van der Waals surface area contributed by atoms with Gasteiger partial charge in [-0.05, 0) is 85.3 Å². The normalized spacial score (nSPS) is 10.7. The Morgan fingerprint density at radius 1 is 0.611 bits per heavy atom. The second-order valence-electron chi connectivity index (χ2n) is 9.10. The summed E-state index contributed by atoms with van der Waals surface area (Å²) in [6.45, 7) is 4.28. The lowest BCUT2D eigenvalue weighted by atomic mass is 10.0. The van der Waals surface area contributed by atoms with E-state index in [-0.39, 0.29) is 22.6 Å². The van der Waals surface area contributed by atoms with Crippen molar-refractivity contribution in [2.75, 3.05) is 10.6 Å². The predicted octanol–water partition coefficient (Wildman–Crippen LogP) is 7.07. The highest BCUT2D eigenvalue weighted by Crippen LogP contribution is 2.24. The maximum Gasteiger partial charge on any atom is 0.259 e. The number of rotatable bonds is 12. The smallest absolute Gasteiger partial charge is 0.259 e. The highest BCUT2D eigenvalue weighted by molar-refractivity contribution is 6.07. The molecule has 0 spiro atoms. The van der Waals surface area contributed by atoms with E-state index in [1.807, 2.05) is 12.1 Å². The van der Waals surface area contributed by atoms with Gasteiger partial charge in [0.25, 0.3) is 11.8 Å². The molecule has 0 fully saturated rings. The lowest BCUT2D eigenvalue weighted by Gasteiger charge is -2.11. The quantitative estimate of drug-likeness (QED) is 0.205. The van der Waals surface area contributed by atoms with Crippen LogP contribution in [0.1, 0.15) is 84.2 Å². The van der Waals surface area contributed by atoms with Gasteiger partial charge in [0.05, 0.1) is 11.1 Å². The zero-order chi connectivity index (χ0) is 25.9. The molecular formula is C30H36N2O4. The van der Waals surface area contributed by atoms with Crippen molar-refractivity contribution in [3.05, 3.63) is 82.9 Å². The van der Waals surface area contributed by atoms with E-state index >= 15 is 0 Å². The van der Waals surface area contributed by atoms with Crippen molar-refractivity contribution in [3.63, 3.8) is 0 Å². The molecule has 3 aromatic rings. The van der Waals surface area contributed by atoms with Gasteiger partial charge in [-0.3, -0.25) is 9.59 Å². The first-order valence-corrected chi connectivity index (χ1v) is 12.8. The van der Waals surface area contributed by atoms with Gasteiger partial charge in [-0.1, -0.05) is 51.7 Å². The van der Waals surface area contributed by atoms with E-state index in [0.29, 0.717) is 11.4 Å². The highest BCUT2D eigenvalue weighted by atomic mass is 16.3. The summed E-state index contributed by atoms with van der Waals surface area (Å²) in [5.74, 6) is -0.919. The van der Waals surface area contributed by atoms with E-state index in [4.69, 9.17) is 0 Å². The zero-order valence-corrected chi connectivity index (χ0v) is 21.1. The Morgan fingerprint density at radius 3 is 1.36 bits per heavy atom. The molecule has 2 amide bonds. The molecule has 36 heavy (non-hydrogen) atoms. The number of aryl methyl sites for hydroxylation is 2. The second kappa shape index (κ2) is 13.3. The van der Waals surface area contributed by atoms with Crippen LogP contribution in [0.3, 0.4) is 0 Å². The fourth-order valence-electron chi connectivity index (χ4n) is 4.03. The summed E-state index contributed by atoms with van der Waals surface area (Å²) in [5.41, 5.74) is 3.57. The number of amides is 2. The van der Waals surface area contributed by atoms with Gasteiger partial charge in [0.1, 0.15) is 11.5 Å². The monoisotopic (exact) mass is 488 g/mol. The predicted molar refractivity (Wildman–Crippen MR) is 145 cm³/mol. The SMILES string of the molecule is CCCCCc1ccc(O)c(C(=O)Nc2ccc(NC(=O)c3cc(CCCCC)ccc3O)cc2)c1. The fraction of sp³-hybridized carbons (Fsp3) is 0.333. The summed E-state index contributed by atoms with van der Waals surface area (Å²) in [6, 6.07) is 17.0. The molecule has 6 heteroatoms. The number of carbonyl (C=O) groups excluding carboxylic acids is 2. The number of hydrogen-bond acceptors (Lipinski definition) is 4. The van der Waals surface area contributed by atoms with Gasteiger partial charge in [-0.2, -0.15) is 0 Å². The molecule has 0 saturated heterocycles. The number of phenolic OH excluding ortho intramolecular Hbond substituents is 2. The van der Waals surface area contributed by atoms with Crippen LogP contribution in [0.4, 0.5) is 11.4 Å². The Balaban J connectivity index is 1.63. The molecule has 3 rings (SSSR count). The van der Waals surface area contributed by atoms with Crippen molar-refractivity contribution in [1.29, 1.82) is 0 Å². The van der Waals surface area contributed by atoms with Crippen LogP contribution in [-0.2, 0) is 12.8 Å². The molecule has 0 aliphatic heterocycles. The molecule has 0 heterocycles. The van der Waals surface area contributed by atoms with Gasteiger partial charge in [0, 0.05) is 11.4 Å². The van der Waals surface area contributed by atoms with Crippen molar-refractivity contribution in [2.45, 2.75) is 65.2 Å². The topological polar surface area (TPSA) is 98.7 Å². The van der Waals surface area contributed by atoms with Crippen LogP contribution in [0.15, 0.2) is 60.7 Å². The van der Waals surface area contributed by atoms with Crippen molar-refractivity contribution in [2.24, 2.45) is 0 Å². The van der Waals surface area contributed by atoms with Crippen LogP contribution in [-0.4, -0.2) is 22.0 Å². The number of benzene rings is 3. The van der Waals surface area contributed by atoms with Crippen LogP contribution in [0.2, 0.25) is 0 Å². The zero-order valence-electron chi connectivity index (χ0n) is 21.1. The molecule has 0 atom stereocenters. The summed E-state index contributed by atoms with van der Waals surface area (Å²) < 4.78 is 0. The molecule has 0 aromatic heterocycles. The Hall–Kier alpha value is -3.80. The molecule has 190 valence electrons. The Morgan fingerprint density at radius 2 is 1.00 bits per heavy atom. The minimum Gasteiger partial charge on any atom is -0.507 e. The first-order valence-electron chi connectivity index (χ1n) is 12.8.